The van der Waals surface area contributed by atoms with Crippen LogP contribution in [0.25, 0.3) is 11.1 Å². The molecule has 3 rings (SSSR count). The molecule has 2 aromatic carbocycles. The Bertz CT molecular complexity index is 804. The van der Waals surface area contributed by atoms with Gasteiger partial charge in [0.1, 0.15) is 18.1 Å². The lowest BCUT2D eigenvalue weighted by atomic mass is 10.0. The van der Waals surface area contributed by atoms with E-state index in [1.54, 1.807) is 30.2 Å². The van der Waals surface area contributed by atoms with Gasteiger partial charge in [-0.3, -0.25) is 4.79 Å². The van der Waals surface area contributed by atoms with Crippen molar-refractivity contribution in [1.29, 1.82) is 0 Å². The van der Waals surface area contributed by atoms with Gasteiger partial charge in [-0.15, -0.1) is 13.2 Å². The second-order valence-electron chi connectivity index (χ2n) is 5.92. The first-order chi connectivity index (χ1) is 12.9. The molecule has 2 aromatic rings. The van der Waals surface area contributed by atoms with E-state index in [2.05, 4.69) is 4.74 Å². The minimum atomic E-state index is -4.74. The molecule has 1 aliphatic rings. The average molecular weight is 381 g/mol. The SMILES string of the molecule is COCCN1CCOc2ccc(-c3ccc(OC(F)(F)F)cc3)cc2C1=O. The van der Waals surface area contributed by atoms with Crippen LogP contribution >= 0.6 is 0 Å². The number of amides is 1. The number of carbonyl (C=O) groups is 1. The molecule has 1 aliphatic heterocycles. The number of hydrogen-bond donors (Lipinski definition) is 0. The molecule has 27 heavy (non-hydrogen) atoms. The van der Waals surface area contributed by atoms with E-state index in [0.717, 1.165) is 0 Å². The fourth-order valence-electron chi connectivity index (χ4n) is 2.80. The van der Waals surface area contributed by atoms with Gasteiger partial charge in [0.25, 0.3) is 5.91 Å². The Morgan fingerprint density at radius 1 is 1.11 bits per heavy atom. The quantitative estimate of drug-likeness (QED) is 0.792. The van der Waals surface area contributed by atoms with Crippen LogP contribution in [0.4, 0.5) is 13.2 Å². The van der Waals surface area contributed by atoms with Crippen molar-refractivity contribution in [3.05, 3.63) is 48.0 Å². The maximum absolute atomic E-state index is 12.8. The van der Waals surface area contributed by atoms with Crippen LogP contribution < -0.4 is 9.47 Å². The van der Waals surface area contributed by atoms with Crippen LogP contribution in [0, 0.1) is 0 Å². The smallest absolute Gasteiger partial charge is 0.491 e. The van der Waals surface area contributed by atoms with Gasteiger partial charge < -0.3 is 19.1 Å². The van der Waals surface area contributed by atoms with Gasteiger partial charge in [0.15, 0.2) is 0 Å². The molecule has 1 heterocycles. The second-order valence-corrected chi connectivity index (χ2v) is 5.92. The topological polar surface area (TPSA) is 48.0 Å². The Morgan fingerprint density at radius 2 is 1.81 bits per heavy atom. The predicted molar refractivity (Wildman–Crippen MR) is 91.8 cm³/mol. The summed E-state index contributed by atoms with van der Waals surface area (Å²) in [5, 5.41) is 0. The fraction of sp³-hybridized carbons (Fsp3) is 0.316. The maximum atomic E-state index is 12.8. The van der Waals surface area contributed by atoms with Gasteiger partial charge in [0.05, 0.1) is 18.7 Å². The molecule has 0 aromatic heterocycles. The van der Waals surface area contributed by atoms with E-state index in [-0.39, 0.29) is 11.7 Å². The molecule has 0 aliphatic carbocycles. The van der Waals surface area contributed by atoms with Crippen molar-refractivity contribution in [1.82, 2.24) is 4.90 Å². The highest BCUT2D eigenvalue weighted by molar-refractivity contribution is 5.98. The van der Waals surface area contributed by atoms with E-state index in [1.165, 1.54) is 24.3 Å². The third kappa shape index (κ3) is 4.71. The van der Waals surface area contributed by atoms with Crippen molar-refractivity contribution in [3.8, 4) is 22.6 Å². The zero-order valence-electron chi connectivity index (χ0n) is 14.6. The molecule has 0 radical (unpaired) electrons. The molecule has 0 fully saturated rings. The molecule has 0 saturated heterocycles. The largest absolute Gasteiger partial charge is 0.573 e. The Hall–Kier alpha value is -2.74. The number of benzene rings is 2. The van der Waals surface area contributed by atoms with Crippen LogP contribution in [0.3, 0.4) is 0 Å². The zero-order chi connectivity index (χ0) is 19.4. The van der Waals surface area contributed by atoms with Crippen molar-refractivity contribution < 1.29 is 32.2 Å². The van der Waals surface area contributed by atoms with E-state index in [0.29, 0.717) is 48.7 Å². The molecular weight excluding hydrogens is 363 g/mol. The summed E-state index contributed by atoms with van der Waals surface area (Å²) in [7, 11) is 1.57. The van der Waals surface area contributed by atoms with Crippen LogP contribution in [0.2, 0.25) is 0 Å². The summed E-state index contributed by atoms with van der Waals surface area (Å²) in [5.41, 5.74) is 1.77. The van der Waals surface area contributed by atoms with Gasteiger partial charge in [-0.2, -0.15) is 0 Å². The highest BCUT2D eigenvalue weighted by atomic mass is 19.4. The van der Waals surface area contributed by atoms with Gasteiger partial charge >= 0.3 is 6.36 Å². The second kappa shape index (κ2) is 7.87. The average Bonchev–Trinajstić information content (AvgIpc) is 2.78. The molecule has 0 saturated carbocycles. The Labute approximate surface area is 154 Å². The molecule has 8 heteroatoms. The third-order valence-electron chi connectivity index (χ3n) is 4.10. The zero-order valence-corrected chi connectivity index (χ0v) is 14.6. The Balaban J connectivity index is 1.85. The number of hydrogen-bond acceptors (Lipinski definition) is 4. The minimum absolute atomic E-state index is 0.168. The Morgan fingerprint density at radius 3 is 2.48 bits per heavy atom. The van der Waals surface area contributed by atoms with Crippen molar-refractivity contribution in [3.63, 3.8) is 0 Å². The van der Waals surface area contributed by atoms with E-state index < -0.39 is 6.36 Å². The van der Waals surface area contributed by atoms with Crippen molar-refractivity contribution in [2.24, 2.45) is 0 Å². The van der Waals surface area contributed by atoms with Gasteiger partial charge in [0, 0.05) is 13.7 Å². The molecule has 0 N–H and O–H groups in total. The van der Waals surface area contributed by atoms with Crippen LogP contribution in [0.1, 0.15) is 10.4 Å². The molecule has 0 spiro atoms. The van der Waals surface area contributed by atoms with E-state index in [4.69, 9.17) is 9.47 Å². The number of halogens is 3. The third-order valence-corrected chi connectivity index (χ3v) is 4.10. The van der Waals surface area contributed by atoms with Crippen molar-refractivity contribution in [2.45, 2.75) is 6.36 Å². The molecule has 0 unspecified atom stereocenters. The van der Waals surface area contributed by atoms with Crippen LogP contribution in [0.15, 0.2) is 42.5 Å². The fourth-order valence-corrected chi connectivity index (χ4v) is 2.80. The maximum Gasteiger partial charge on any atom is 0.573 e. The van der Waals surface area contributed by atoms with E-state index in [1.807, 2.05) is 0 Å². The van der Waals surface area contributed by atoms with Crippen LogP contribution in [-0.4, -0.2) is 50.6 Å². The first kappa shape index (κ1) is 19.0. The number of alkyl halides is 3. The van der Waals surface area contributed by atoms with Crippen LogP contribution in [0.5, 0.6) is 11.5 Å². The molecule has 0 bridgehead atoms. The van der Waals surface area contributed by atoms with Gasteiger partial charge in [-0.05, 0) is 35.4 Å². The Kier molecular flexibility index (Phi) is 5.55. The lowest BCUT2D eigenvalue weighted by Crippen LogP contribution is -2.35. The first-order valence-electron chi connectivity index (χ1n) is 8.28. The highest BCUT2D eigenvalue weighted by Crippen LogP contribution is 2.31. The predicted octanol–water partition coefficient (Wildman–Crippen LogP) is 3.73. The van der Waals surface area contributed by atoms with Gasteiger partial charge in [0.2, 0.25) is 0 Å². The molecular formula is C19H18F3NO4. The summed E-state index contributed by atoms with van der Waals surface area (Å²) >= 11 is 0. The number of carbonyl (C=O) groups excluding carboxylic acids is 1. The standard InChI is InChI=1S/C19H18F3NO4/c1-25-10-8-23-9-11-26-17-7-4-14(12-16(17)18(23)24)13-2-5-15(6-3-13)27-19(20,21)22/h2-7,12H,8-11H2,1H3. The summed E-state index contributed by atoms with van der Waals surface area (Å²) in [6.45, 7) is 1.70. The number of fused-ring (bicyclic) bond motifs is 1. The van der Waals surface area contributed by atoms with Gasteiger partial charge in [-0.25, -0.2) is 0 Å². The van der Waals surface area contributed by atoms with E-state index in [9.17, 15) is 18.0 Å². The van der Waals surface area contributed by atoms with Crippen molar-refractivity contribution >= 4 is 5.91 Å². The lowest BCUT2D eigenvalue weighted by molar-refractivity contribution is -0.274. The summed E-state index contributed by atoms with van der Waals surface area (Å²) in [5.74, 6) is 0.0188. The summed E-state index contributed by atoms with van der Waals surface area (Å²) < 4.78 is 51.4. The summed E-state index contributed by atoms with van der Waals surface area (Å²) in [4.78, 5) is 14.4. The normalized spacial score (nSPS) is 14.4. The number of methoxy groups -OCH3 is 1. The van der Waals surface area contributed by atoms with E-state index >= 15 is 0 Å². The minimum Gasteiger partial charge on any atom is -0.491 e. The number of ether oxygens (including phenoxy) is 3. The summed E-state index contributed by atoms with van der Waals surface area (Å²) in [6.07, 6.45) is -4.74. The van der Waals surface area contributed by atoms with Crippen molar-refractivity contribution in [2.75, 3.05) is 33.4 Å². The number of nitrogens with zero attached hydrogens (tertiary/aromatic N) is 1. The molecule has 1 amide bonds. The molecule has 144 valence electrons. The number of rotatable bonds is 5. The first-order valence-corrected chi connectivity index (χ1v) is 8.28. The summed E-state index contributed by atoms with van der Waals surface area (Å²) in [6, 6.07) is 10.6. The monoisotopic (exact) mass is 381 g/mol. The van der Waals surface area contributed by atoms with Gasteiger partial charge in [-0.1, -0.05) is 18.2 Å². The highest BCUT2D eigenvalue weighted by Gasteiger charge is 2.31. The molecule has 5 nitrogen and oxygen atoms in total. The van der Waals surface area contributed by atoms with Crippen LogP contribution in [-0.2, 0) is 4.74 Å². The lowest BCUT2D eigenvalue weighted by Gasteiger charge is -2.19. The molecule has 0 atom stereocenters.